The van der Waals surface area contributed by atoms with Crippen LogP contribution in [0.5, 0.6) is 0 Å². The lowest BCUT2D eigenvalue weighted by molar-refractivity contribution is 0.102. The number of amides is 1. The topological polar surface area (TPSA) is 66.5 Å². The van der Waals surface area contributed by atoms with E-state index >= 15 is 0 Å². The zero-order valence-electron chi connectivity index (χ0n) is 15.4. The zero-order chi connectivity index (χ0) is 20.3. The molecule has 0 heterocycles. The first-order chi connectivity index (χ1) is 13.3. The van der Waals surface area contributed by atoms with Crippen LogP contribution in [-0.4, -0.2) is 21.4 Å². The lowest BCUT2D eigenvalue weighted by atomic mass is 10.2. The van der Waals surface area contributed by atoms with Gasteiger partial charge in [0.1, 0.15) is 0 Å². The SMILES string of the molecule is Cc1ccc(S(=O)(=O)N(C)c2ccc(C(=O)Nc3cccc(Cl)c3)cc2)cc1. The number of anilines is 2. The van der Waals surface area contributed by atoms with Gasteiger partial charge in [0, 0.05) is 23.3 Å². The fourth-order valence-corrected chi connectivity index (χ4v) is 3.99. The Morgan fingerprint density at radius 2 is 1.61 bits per heavy atom. The Morgan fingerprint density at radius 1 is 0.964 bits per heavy atom. The molecule has 28 heavy (non-hydrogen) atoms. The Bertz CT molecular complexity index is 1100. The van der Waals surface area contributed by atoms with Crippen LogP contribution in [0.3, 0.4) is 0 Å². The summed E-state index contributed by atoms with van der Waals surface area (Å²) in [6.45, 7) is 1.90. The van der Waals surface area contributed by atoms with Gasteiger partial charge >= 0.3 is 0 Å². The van der Waals surface area contributed by atoms with E-state index in [0.29, 0.717) is 22.0 Å². The predicted molar refractivity (Wildman–Crippen MR) is 113 cm³/mol. The summed E-state index contributed by atoms with van der Waals surface area (Å²) >= 11 is 5.92. The molecule has 0 aliphatic rings. The highest BCUT2D eigenvalue weighted by molar-refractivity contribution is 7.92. The standard InChI is InChI=1S/C21H19ClN2O3S/c1-15-6-12-20(13-7-15)28(26,27)24(2)19-10-8-16(9-11-19)21(25)23-18-5-3-4-17(22)14-18/h3-14H,1-2H3,(H,23,25). The number of aryl methyl sites for hydroxylation is 1. The van der Waals surface area contributed by atoms with E-state index in [0.717, 1.165) is 5.56 Å². The molecule has 0 saturated carbocycles. The van der Waals surface area contributed by atoms with Crippen molar-refractivity contribution in [3.05, 3.63) is 88.9 Å². The Kier molecular flexibility index (Phi) is 5.72. The van der Waals surface area contributed by atoms with Crippen molar-refractivity contribution < 1.29 is 13.2 Å². The Labute approximate surface area is 169 Å². The average Bonchev–Trinajstić information content (AvgIpc) is 2.68. The minimum Gasteiger partial charge on any atom is -0.322 e. The van der Waals surface area contributed by atoms with E-state index in [2.05, 4.69) is 5.32 Å². The van der Waals surface area contributed by atoms with E-state index in [1.807, 2.05) is 6.92 Å². The van der Waals surface area contributed by atoms with Gasteiger partial charge in [-0.05, 0) is 61.5 Å². The first-order valence-electron chi connectivity index (χ1n) is 8.50. The fourth-order valence-electron chi connectivity index (χ4n) is 2.60. The van der Waals surface area contributed by atoms with E-state index in [-0.39, 0.29) is 10.8 Å². The third kappa shape index (κ3) is 4.35. The number of nitrogens with zero attached hydrogens (tertiary/aromatic N) is 1. The predicted octanol–water partition coefficient (Wildman–Crippen LogP) is 4.73. The van der Waals surface area contributed by atoms with Crippen LogP contribution in [0.1, 0.15) is 15.9 Å². The maximum atomic E-state index is 12.8. The van der Waals surface area contributed by atoms with Crippen LogP contribution < -0.4 is 9.62 Å². The number of hydrogen-bond acceptors (Lipinski definition) is 3. The first kappa shape index (κ1) is 19.9. The van der Waals surface area contributed by atoms with Crippen molar-refractivity contribution in [1.82, 2.24) is 0 Å². The van der Waals surface area contributed by atoms with Crippen LogP contribution in [0.15, 0.2) is 77.7 Å². The Balaban J connectivity index is 1.77. The molecule has 1 amide bonds. The molecule has 3 rings (SSSR count). The minimum atomic E-state index is -3.68. The molecule has 144 valence electrons. The second-order valence-corrected chi connectivity index (χ2v) is 8.70. The highest BCUT2D eigenvalue weighted by atomic mass is 35.5. The van der Waals surface area contributed by atoms with Gasteiger partial charge in [0.25, 0.3) is 15.9 Å². The van der Waals surface area contributed by atoms with Crippen molar-refractivity contribution in [3.63, 3.8) is 0 Å². The smallest absolute Gasteiger partial charge is 0.264 e. The normalized spacial score (nSPS) is 11.1. The van der Waals surface area contributed by atoms with Gasteiger partial charge in [-0.1, -0.05) is 35.4 Å². The van der Waals surface area contributed by atoms with Crippen LogP contribution in [0.25, 0.3) is 0 Å². The number of benzene rings is 3. The lowest BCUT2D eigenvalue weighted by Gasteiger charge is -2.20. The molecule has 0 spiro atoms. The summed E-state index contributed by atoms with van der Waals surface area (Å²) in [4.78, 5) is 12.6. The summed E-state index contributed by atoms with van der Waals surface area (Å²) in [5.74, 6) is -0.308. The second-order valence-electron chi connectivity index (χ2n) is 6.30. The van der Waals surface area contributed by atoms with Crippen LogP contribution in [-0.2, 0) is 10.0 Å². The fraction of sp³-hybridized carbons (Fsp3) is 0.0952. The summed E-state index contributed by atoms with van der Waals surface area (Å²) < 4.78 is 26.7. The van der Waals surface area contributed by atoms with Gasteiger partial charge in [0.2, 0.25) is 0 Å². The van der Waals surface area contributed by atoms with Crippen LogP contribution in [0.4, 0.5) is 11.4 Å². The summed E-state index contributed by atoms with van der Waals surface area (Å²) in [6.07, 6.45) is 0. The summed E-state index contributed by atoms with van der Waals surface area (Å²) in [6, 6.07) is 19.9. The second kappa shape index (κ2) is 8.04. The number of hydrogen-bond donors (Lipinski definition) is 1. The molecule has 5 nitrogen and oxygen atoms in total. The molecule has 0 aromatic heterocycles. The van der Waals surface area contributed by atoms with E-state index in [1.165, 1.54) is 11.4 Å². The largest absolute Gasteiger partial charge is 0.322 e. The first-order valence-corrected chi connectivity index (χ1v) is 10.3. The van der Waals surface area contributed by atoms with Crippen molar-refractivity contribution in [2.24, 2.45) is 0 Å². The molecule has 3 aromatic carbocycles. The van der Waals surface area contributed by atoms with Gasteiger partial charge in [-0.25, -0.2) is 8.42 Å². The van der Waals surface area contributed by atoms with Crippen molar-refractivity contribution in [2.45, 2.75) is 11.8 Å². The molecule has 0 bridgehead atoms. The highest BCUT2D eigenvalue weighted by Gasteiger charge is 2.21. The minimum absolute atomic E-state index is 0.211. The monoisotopic (exact) mass is 414 g/mol. The summed E-state index contributed by atoms with van der Waals surface area (Å²) in [5, 5.41) is 3.28. The number of carbonyl (C=O) groups is 1. The Morgan fingerprint density at radius 3 is 2.21 bits per heavy atom. The van der Waals surface area contributed by atoms with E-state index in [9.17, 15) is 13.2 Å². The quantitative estimate of drug-likeness (QED) is 0.656. The number of rotatable bonds is 5. The number of carbonyl (C=O) groups excluding carboxylic acids is 1. The molecule has 0 aliphatic carbocycles. The van der Waals surface area contributed by atoms with E-state index < -0.39 is 10.0 Å². The van der Waals surface area contributed by atoms with Crippen LogP contribution in [0, 0.1) is 6.92 Å². The van der Waals surface area contributed by atoms with Gasteiger partial charge in [0.05, 0.1) is 10.6 Å². The van der Waals surface area contributed by atoms with Gasteiger partial charge in [-0.3, -0.25) is 9.10 Å². The average molecular weight is 415 g/mol. The van der Waals surface area contributed by atoms with Crippen molar-refractivity contribution >= 4 is 38.9 Å². The van der Waals surface area contributed by atoms with Gasteiger partial charge in [-0.15, -0.1) is 0 Å². The van der Waals surface area contributed by atoms with Gasteiger partial charge in [0.15, 0.2) is 0 Å². The summed E-state index contributed by atoms with van der Waals surface area (Å²) in [5.41, 5.74) is 2.43. The van der Waals surface area contributed by atoms with Gasteiger partial charge in [-0.2, -0.15) is 0 Å². The zero-order valence-corrected chi connectivity index (χ0v) is 17.0. The lowest BCUT2D eigenvalue weighted by Crippen LogP contribution is -2.26. The molecule has 0 saturated heterocycles. The molecule has 0 atom stereocenters. The molecule has 3 aromatic rings. The number of nitrogens with one attached hydrogen (secondary N) is 1. The highest BCUT2D eigenvalue weighted by Crippen LogP contribution is 2.23. The molecular weight excluding hydrogens is 396 g/mol. The van der Waals surface area contributed by atoms with Crippen molar-refractivity contribution in [1.29, 1.82) is 0 Å². The third-order valence-corrected chi connectivity index (χ3v) is 6.29. The summed E-state index contributed by atoms with van der Waals surface area (Å²) in [7, 11) is -2.19. The maximum absolute atomic E-state index is 12.8. The third-order valence-electron chi connectivity index (χ3n) is 4.25. The molecule has 0 radical (unpaired) electrons. The number of halogens is 1. The maximum Gasteiger partial charge on any atom is 0.264 e. The molecule has 0 unspecified atom stereocenters. The Hall–Kier alpha value is -2.83. The molecular formula is C21H19ClN2O3S. The van der Waals surface area contributed by atoms with Crippen molar-refractivity contribution in [2.75, 3.05) is 16.7 Å². The van der Waals surface area contributed by atoms with Crippen LogP contribution in [0.2, 0.25) is 5.02 Å². The van der Waals surface area contributed by atoms with Crippen molar-refractivity contribution in [3.8, 4) is 0 Å². The van der Waals surface area contributed by atoms with Crippen LogP contribution >= 0.6 is 11.6 Å². The number of sulfonamides is 1. The van der Waals surface area contributed by atoms with E-state index in [1.54, 1.807) is 72.8 Å². The molecule has 1 N–H and O–H groups in total. The van der Waals surface area contributed by atoms with E-state index in [4.69, 9.17) is 11.6 Å². The molecule has 0 fully saturated rings. The molecule has 0 aliphatic heterocycles. The molecule has 7 heteroatoms. The van der Waals surface area contributed by atoms with Gasteiger partial charge < -0.3 is 5.32 Å².